The summed E-state index contributed by atoms with van der Waals surface area (Å²) in [6, 6.07) is 14.4. The van der Waals surface area contributed by atoms with E-state index in [1.165, 1.54) is 36.4 Å². The number of halogens is 3. The van der Waals surface area contributed by atoms with Crippen molar-refractivity contribution in [3.8, 4) is 5.75 Å². The lowest BCUT2D eigenvalue weighted by molar-refractivity contribution is -0.252. The van der Waals surface area contributed by atoms with Crippen molar-refractivity contribution in [2.75, 3.05) is 4.90 Å². The largest absolute Gasteiger partial charge is 0.508 e. The van der Waals surface area contributed by atoms with Crippen LogP contribution in [-0.2, 0) is 10.4 Å². The lowest BCUT2D eigenvalue weighted by Gasteiger charge is -2.26. The van der Waals surface area contributed by atoms with E-state index in [4.69, 9.17) is 0 Å². The molecule has 1 heterocycles. The number of hydrogen-bond acceptors (Lipinski definition) is 3. The Kier molecular flexibility index (Phi) is 3.29. The Morgan fingerprint density at radius 3 is 2.23 bits per heavy atom. The van der Waals surface area contributed by atoms with Gasteiger partial charge in [-0.15, -0.1) is 0 Å². The number of benzene rings is 3. The number of fused-ring (bicyclic) bond motifs is 3. The quantitative estimate of drug-likeness (QED) is 0.691. The molecule has 0 fully saturated rings. The number of aliphatic hydroxyl groups is 1. The van der Waals surface area contributed by atoms with Gasteiger partial charge < -0.3 is 10.2 Å². The van der Waals surface area contributed by atoms with E-state index in [2.05, 4.69) is 0 Å². The number of alkyl halides is 3. The summed E-state index contributed by atoms with van der Waals surface area (Å²) in [5, 5.41) is 20.6. The molecule has 0 aromatic heterocycles. The fourth-order valence-electron chi connectivity index (χ4n) is 3.33. The fraction of sp³-hybridized carbons (Fsp3) is 0.105. The van der Waals surface area contributed by atoms with Crippen molar-refractivity contribution >= 4 is 28.1 Å². The smallest absolute Gasteiger partial charge is 0.430 e. The summed E-state index contributed by atoms with van der Waals surface area (Å²) < 4.78 is 41.5. The molecule has 0 spiro atoms. The summed E-state index contributed by atoms with van der Waals surface area (Å²) >= 11 is 0. The first-order chi connectivity index (χ1) is 12.2. The molecule has 1 amide bonds. The summed E-state index contributed by atoms with van der Waals surface area (Å²) in [5.41, 5.74) is -4.06. The lowest BCUT2D eigenvalue weighted by atomic mass is 9.90. The van der Waals surface area contributed by atoms with Crippen LogP contribution in [0.3, 0.4) is 0 Å². The van der Waals surface area contributed by atoms with Crippen LogP contribution >= 0.6 is 0 Å². The molecule has 0 saturated heterocycles. The molecule has 3 aromatic rings. The van der Waals surface area contributed by atoms with Crippen LogP contribution in [0.5, 0.6) is 5.75 Å². The van der Waals surface area contributed by atoms with Gasteiger partial charge in [0.1, 0.15) is 5.75 Å². The molecule has 0 saturated carbocycles. The molecule has 0 unspecified atom stereocenters. The van der Waals surface area contributed by atoms with Gasteiger partial charge in [-0.2, -0.15) is 13.2 Å². The molecule has 0 bridgehead atoms. The minimum absolute atomic E-state index is 0.0424. The number of hydrogen-bond donors (Lipinski definition) is 2. The van der Waals surface area contributed by atoms with Gasteiger partial charge in [-0.05, 0) is 41.1 Å². The van der Waals surface area contributed by atoms with E-state index < -0.39 is 23.2 Å². The molecule has 0 aliphatic carbocycles. The lowest BCUT2D eigenvalue weighted by Crippen LogP contribution is -2.49. The van der Waals surface area contributed by atoms with E-state index in [-0.39, 0.29) is 22.5 Å². The zero-order valence-corrected chi connectivity index (χ0v) is 13.2. The van der Waals surface area contributed by atoms with Gasteiger partial charge in [0.05, 0.1) is 5.69 Å². The number of rotatable bonds is 1. The van der Waals surface area contributed by atoms with Gasteiger partial charge in [0.15, 0.2) is 0 Å². The highest BCUT2D eigenvalue weighted by Crippen LogP contribution is 2.54. The maximum absolute atomic E-state index is 13.8. The summed E-state index contributed by atoms with van der Waals surface area (Å²) in [5.74, 6) is -1.59. The predicted octanol–water partition coefficient (Wildman–Crippen LogP) is 3.97. The van der Waals surface area contributed by atoms with Crippen LogP contribution in [0.1, 0.15) is 5.56 Å². The Morgan fingerprint density at radius 2 is 1.58 bits per heavy atom. The first-order valence-electron chi connectivity index (χ1n) is 7.70. The average molecular weight is 359 g/mol. The van der Waals surface area contributed by atoms with Crippen LogP contribution < -0.4 is 4.90 Å². The number of carbonyl (C=O) groups is 1. The third kappa shape index (κ3) is 2.04. The molecular weight excluding hydrogens is 347 g/mol. The van der Waals surface area contributed by atoms with Crippen LogP contribution in [0.2, 0.25) is 0 Å². The number of aromatic hydroxyl groups is 1. The number of carbonyl (C=O) groups excluding carboxylic acids is 1. The zero-order chi connectivity index (χ0) is 18.7. The molecule has 26 heavy (non-hydrogen) atoms. The number of nitrogens with zero attached hydrogens (tertiary/aromatic N) is 1. The predicted molar refractivity (Wildman–Crippen MR) is 89.2 cm³/mol. The maximum Gasteiger partial charge on any atom is 0.430 e. The highest BCUT2D eigenvalue weighted by molar-refractivity contribution is 6.16. The van der Waals surface area contributed by atoms with Crippen LogP contribution in [0.4, 0.5) is 24.5 Å². The molecule has 1 aliphatic rings. The van der Waals surface area contributed by atoms with Crippen molar-refractivity contribution < 1.29 is 28.2 Å². The van der Waals surface area contributed by atoms with Crippen LogP contribution in [-0.4, -0.2) is 22.3 Å². The topological polar surface area (TPSA) is 60.8 Å². The van der Waals surface area contributed by atoms with Gasteiger partial charge in [-0.3, -0.25) is 9.69 Å². The third-order valence-corrected chi connectivity index (χ3v) is 4.54. The Labute approximate surface area is 145 Å². The molecule has 2 N–H and O–H groups in total. The van der Waals surface area contributed by atoms with Crippen molar-refractivity contribution in [3.63, 3.8) is 0 Å². The van der Waals surface area contributed by atoms with E-state index >= 15 is 0 Å². The second kappa shape index (κ2) is 5.22. The first kappa shape index (κ1) is 16.4. The van der Waals surface area contributed by atoms with E-state index in [0.29, 0.717) is 5.39 Å². The van der Waals surface area contributed by atoms with Crippen LogP contribution in [0.15, 0.2) is 60.7 Å². The Bertz CT molecular complexity index is 1030. The molecular formula is C19H12F3NO3. The van der Waals surface area contributed by atoms with Gasteiger partial charge >= 0.3 is 6.18 Å². The Balaban J connectivity index is 2.07. The molecule has 0 radical (unpaired) electrons. The van der Waals surface area contributed by atoms with Gasteiger partial charge in [0.25, 0.3) is 11.5 Å². The van der Waals surface area contributed by atoms with Crippen molar-refractivity contribution in [1.82, 2.24) is 0 Å². The molecule has 1 atom stereocenters. The van der Waals surface area contributed by atoms with E-state index in [9.17, 15) is 28.2 Å². The number of phenols is 1. The van der Waals surface area contributed by atoms with Gasteiger partial charge in [-0.25, -0.2) is 0 Å². The Hall–Kier alpha value is -3.06. The van der Waals surface area contributed by atoms with Gasteiger partial charge in [0.2, 0.25) is 0 Å². The molecule has 1 aliphatic heterocycles. The second-order valence-electron chi connectivity index (χ2n) is 6.05. The second-order valence-corrected chi connectivity index (χ2v) is 6.05. The summed E-state index contributed by atoms with van der Waals surface area (Å²) in [6.45, 7) is 0. The summed E-state index contributed by atoms with van der Waals surface area (Å²) in [7, 11) is 0. The normalized spacial score (nSPS) is 19.8. The van der Waals surface area contributed by atoms with E-state index in [1.807, 2.05) is 0 Å². The van der Waals surface area contributed by atoms with Crippen molar-refractivity contribution in [2.24, 2.45) is 0 Å². The SMILES string of the molecule is O=C1N(c2ccc(O)cc2)c2ccc3ccccc3c2[C@@]1(O)C(F)(F)F. The highest BCUT2D eigenvalue weighted by Gasteiger charge is 2.67. The molecule has 4 rings (SSSR count). The minimum Gasteiger partial charge on any atom is -0.508 e. The highest BCUT2D eigenvalue weighted by atomic mass is 19.4. The van der Waals surface area contributed by atoms with Crippen molar-refractivity contribution in [1.29, 1.82) is 0 Å². The van der Waals surface area contributed by atoms with Gasteiger partial charge in [0, 0.05) is 11.3 Å². The van der Waals surface area contributed by atoms with Crippen LogP contribution in [0.25, 0.3) is 10.8 Å². The summed E-state index contributed by atoms with van der Waals surface area (Å²) in [4.78, 5) is 13.6. The minimum atomic E-state index is -5.20. The molecule has 4 nitrogen and oxygen atoms in total. The van der Waals surface area contributed by atoms with E-state index in [0.717, 1.165) is 4.90 Å². The third-order valence-electron chi connectivity index (χ3n) is 4.54. The number of phenolic OH excluding ortho intramolecular Hbond substituents is 1. The van der Waals surface area contributed by atoms with E-state index in [1.54, 1.807) is 24.3 Å². The standard InChI is InChI=1S/C19H12F3NO3/c20-19(21,22)18(26)16-14-4-2-1-3-11(14)5-10-15(16)23(17(18)25)12-6-8-13(24)9-7-12/h1-10,24,26H/t18-/m0/s1. The molecule has 132 valence electrons. The zero-order valence-electron chi connectivity index (χ0n) is 13.2. The fourth-order valence-corrected chi connectivity index (χ4v) is 3.33. The summed E-state index contributed by atoms with van der Waals surface area (Å²) in [6.07, 6.45) is -5.20. The maximum atomic E-state index is 13.8. The molecule has 3 aromatic carbocycles. The van der Waals surface area contributed by atoms with Crippen molar-refractivity contribution in [3.05, 3.63) is 66.2 Å². The monoisotopic (exact) mass is 359 g/mol. The number of amides is 1. The first-order valence-corrected chi connectivity index (χ1v) is 7.70. The van der Waals surface area contributed by atoms with Gasteiger partial charge in [-0.1, -0.05) is 30.3 Å². The average Bonchev–Trinajstić information content (AvgIpc) is 2.85. The van der Waals surface area contributed by atoms with Crippen LogP contribution in [0, 0.1) is 0 Å². The Morgan fingerprint density at radius 1 is 0.923 bits per heavy atom. The number of anilines is 2. The molecule has 7 heteroatoms. The van der Waals surface area contributed by atoms with Crippen molar-refractivity contribution in [2.45, 2.75) is 11.8 Å².